The molecule has 7 heteroatoms. The SMILES string of the molecule is Cc1ccc(N2CC(C(=O)Oc3ccc(N4C(=O)C5CC=CCC5C4=O)cc3)CC2=O)cc1. The molecule has 0 aromatic heterocycles. The van der Waals surface area contributed by atoms with Gasteiger partial charge in [-0.2, -0.15) is 0 Å². The standard InChI is InChI=1S/C26H24N2O5/c1-16-6-8-18(9-7-16)27-15-17(14-23(27)29)26(32)33-20-12-10-19(11-13-20)28-24(30)21-4-2-3-5-22(21)25(28)31/h2-3,6-13,17,21-22H,4-5,14-15H2,1H3. The topological polar surface area (TPSA) is 84.0 Å². The number of carbonyl (C=O) groups excluding carboxylic acids is 4. The van der Waals surface area contributed by atoms with E-state index in [1.165, 1.54) is 4.90 Å². The highest BCUT2D eigenvalue weighted by atomic mass is 16.5. The number of aryl methyl sites for hydroxylation is 1. The lowest BCUT2D eigenvalue weighted by molar-refractivity contribution is -0.139. The molecule has 2 fully saturated rings. The van der Waals surface area contributed by atoms with E-state index in [9.17, 15) is 19.2 Å². The van der Waals surface area contributed by atoms with Crippen LogP contribution in [0, 0.1) is 24.7 Å². The number of carbonyl (C=O) groups is 4. The lowest BCUT2D eigenvalue weighted by atomic mass is 9.85. The lowest BCUT2D eigenvalue weighted by Gasteiger charge is -2.17. The van der Waals surface area contributed by atoms with Crippen molar-refractivity contribution in [3.8, 4) is 5.75 Å². The molecule has 2 aromatic rings. The number of ether oxygens (including phenoxy) is 1. The van der Waals surface area contributed by atoms with Gasteiger partial charge in [-0.3, -0.25) is 24.1 Å². The Kier molecular flexibility index (Phi) is 5.32. The molecule has 7 nitrogen and oxygen atoms in total. The first-order valence-electron chi connectivity index (χ1n) is 11.1. The average molecular weight is 444 g/mol. The summed E-state index contributed by atoms with van der Waals surface area (Å²) in [5.74, 6) is -1.79. The highest BCUT2D eigenvalue weighted by molar-refractivity contribution is 6.22. The summed E-state index contributed by atoms with van der Waals surface area (Å²) in [6.45, 7) is 2.24. The Hall–Kier alpha value is -3.74. The van der Waals surface area contributed by atoms with Gasteiger partial charge in [-0.05, 0) is 56.2 Å². The van der Waals surface area contributed by atoms with Gasteiger partial charge in [0.1, 0.15) is 5.75 Å². The number of rotatable bonds is 4. The summed E-state index contributed by atoms with van der Waals surface area (Å²) in [5, 5.41) is 0. The molecule has 2 heterocycles. The van der Waals surface area contributed by atoms with E-state index in [-0.39, 0.29) is 42.5 Å². The minimum Gasteiger partial charge on any atom is -0.426 e. The molecule has 0 spiro atoms. The molecule has 0 saturated carbocycles. The van der Waals surface area contributed by atoms with Crippen LogP contribution in [0.1, 0.15) is 24.8 Å². The Balaban J connectivity index is 1.24. The second kappa shape index (κ2) is 8.31. The Bertz CT molecular complexity index is 1130. The predicted octanol–water partition coefficient (Wildman–Crippen LogP) is 3.41. The van der Waals surface area contributed by atoms with Crippen molar-refractivity contribution in [3.05, 3.63) is 66.2 Å². The van der Waals surface area contributed by atoms with Gasteiger partial charge in [-0.25, -0.2) is 0 Å². The summed E-state index contributed by atoms with van der Waals surface area (Å²) in [4.78, 5) is 53.4. The summed E-state index contributed by atoms with van der Waals surface area (Å²) in [7, 11) is 0. The summed E-state index contributed by atoms with van der Waals surface area (Å²) in [6.07, 6.45) is 5.17. The van der Waals surface area contributed by atoms with Gasteiger partial charge in [0.05, 0.1) is 23.4 Å². The number of allylic oxidation sites excluding steroid dienone is 2. The number of anilines is 2. The van der Waals surface area contributed by atoms with Crippen molar-refractivity contribution >= 4 is 35.1 Å². The van der Waals surface area contributed by atoms with Crippen molar-refractivity contribution in [2.45, 2.75) is 26.2 Å². The van der Waals surface area contributed by atoms with Crippen molar-refractivity contribution in [2.75, 3.05) is 16.3 Å². The Morgan fingerprint density at radius 1 is 0.848 bits per heavy atom. The van der Waals surface area contributed by atoms with Crippen LogP contribution in [0.2, 0.25) is 0 Å². The zero-order chi connectivity index (χ0) is 23.1. The molecule has 0 N–H and O–H groups in total. The molecule has 33 heavy (non-hydrogen) atoms. The molecule has 3 atom stereocenters. The van der Waals surface area contributed by atoms with Gasteiger partial charge < -0.3 is 9.64 Å². The molecule has 2 aliphatic heterocycles. The average Bonchev–Trinajstić information content (AvgIpc) is 3.33. The van der Waals surface area contributed by atoms with Crippen molar-refractivity contribution in [2.24, 2.45) is 17.8 Å². The number of nitrogens with zero attached hydrogens (tertiary/aromatic N) is 2. The number of esters is 1. The minimum atomic E-state index is -0.559. The van der Waals surface area contributed by atoms with E-state index < -0.39 is 11.9 Å². The molecular weight excluding hydrogens is 420 g/mol. The fraction of sp³-hybridized carbons (Fsp3) is 0.308. The van der Waals surface area contributed by atoms with E-state index in [0.29, 0.717) is 24.3 Å². The monoisotopic (exact) mass is 444 g/mol. The molecule has 2 aromatic carbocycles. The third-order valence-corrected chi connectivity index (χ3v) is 6.62. The molecule has 3 amide bonds. The number of imide groups is 1. The molecular formula is C26H24N2O5. The van der Waals surface area contributed by atoms with Crippen LogP contribution in [0.5, 0.6) is 5.75 Å². The van der Waals surface area contributed by atoms with Crippen molar-refractivity contribution in [3.63, 3.8) is 0 Å². The molecule has 0 radical (unpaired) electrons. The van der Waals surface area contributed by atoms with Crippen LogP contribution < -0.4 is 14.5 Å². The van der Waals surface area contributed by atoms with Gasteiger partial charge in [0.25, 0.3) is 0 Å². The van der Waals surface area contributed by atoms with Crippen molar-refractivity contribution < 1.29 is 23.9 Å². The van der Waals surface area contributed by atoms with Crippen LogP contribution >= 0.6 is 0 Å². The van der Waals surface area contributed by atoms with Crippen LogP contribution in [0.25, 0.3) is 0 Å². The van der Waals surface area contributed by atoms with Gasteiger partial charge in [0.2, 0.25) is 17.7 Å². The maximum atomic E-state index is 12.7. The Morgan fingerprint density at radius 2 is 1.42 bits per heavy atom. The summed E-state index contributed by atoms with van der Waals surface area (Å²) < 4.78 is 5.50. The zero-order valence-corrected chi connectivity index (χ0v) is 18.3. The van der Waals surface area contributed by atoms with Crippen LogP contribution in [-0.4, -0.2) is 30.2 Å². The van der Waals surface area contributed by atoms with Gasteiger partial charge in [-0.15, -0.1) is 0 Å². The van der Waals surface area contributed by atoms with Crippen LogP contribution in [0.3, 0.4) is 0 Å². The third-order valence-electron chi connectivity index (χ3n) is 6.62. The molecule has 5 rings (SSSR count). The summed E-state index contributed by atoms with van der Waals surface area (Å²) in [6, 6.07) is 14.0. The Labute approximate surface area is 191 Å². The fourth-order valence-electron chi connectivity index (χ4n) is 4.76. The van der Waals surface area contributed by atoms with Crippen molar-refractivity contribution in [1.82, 2.24) is 0 Å². The fourth-order valence-corrected chi connectivity index (χ4v) is 4.76. The van der Waals surface area contributed by atoms with E-state index in [1.807, 2.05) is 43.3 Å². The smallest absolute Gasteiger partial charge is 0.316 e. The zero-order valence-electron chi connectivity index (χ0n) is 18.3. The van der Waals surface area contributed by atoms with Gasteiger partial charge in [0, 0.05) is 18.7 Å². The van der Waals surface area contributed by atoms with Crippen molar-refractivity contribution in [1.29, 1.82) is 0 Å². The predicted molar refractivity (Wildman–Crippen MR) is 122 cm³/mol. The molecule has 2 saturated heterocycles. The van der Waals surface area contributed by atoms with E-state index in [1.54, 1.807) is 29.2 Å². The molecule has 3 unspecified atom stereocenters. The molecule has 168 valence electrons. The molecule has 3 aliphatic rings. The number of hydrogen-bond acceptors (Lipinski definition) is 5. The highest BCUT2D eigenvalue weighted by Crippen LogP contribution is 2.38. The highest BCUT2D eigenvalue weighted by Gasteiger charge is 2.47. The lowest BCUT2D eigenvalue weighted by Crippen LogP contribution is -2.30. The first-order valence-corrected chi connectivity index (χ1v) is 11.1. The molecule has 0 bridgehead atoms. The third kappa shape index (κ3) is 3.84. The first kappa shape index (κ1) is 21.1. The second-order valence-corrected chi connectivity index (χ2v) is 8.82. The number of benzene rings is 2. The van der Waals surface area contributed by atoms with Crippen LogP contribution in [0.4, 0.5) is 11.4 Å². The van der Waals surface area contributed by atoms with Crippen LogP contribution in [-0.2, 0) is 19.2 Å². The maximum absolute atomic E-state index is 12.7. The van der Waals surface area contributed by atoms with Gasteiger partial charge in [-0.1, -0.05) is 29.8 Å². The number of hydrogen-bond donors (Lipinski definition) is 0. The molecule has 1 aliphatic carbocycles. The normalized spacial score (nSPS) is 24.4. The second-order valence-electron chi connectivity index (χ2n) is 8.82. The summed E-state index contributed by atoms with van der Waals surface area (Å²) >= 11 is 0. The van der Waals surface area contributed by atoms with Gasteiger partial charge >= 0.3 is 5.97 Å². The minimum absolute atomic E-state index is 0.0956. The van der Waals surface area contributed by atoms with E-state index in [4.69, 9.17) is 4.74 Å². The van der Waals surface area contributed by atoms with Crippen LogP contribution in [0.15, 0.2) is 60.7 Å². The quantitative estimate of drug-likeness (QED) is 0.312. The van der Waals surface area contributed by atoms with E-state index in [2.05, 4.69) is 0 Å². The largest absolute Gasteiger partial charge is 0.426 e. The van der Waals surface area contributed by atoms with E-state index >= 15 is 0 Å². The summed E-state index contributed by atoms with van der Waals surface area (Å²) in [5.41, 5.74) is 2.33. The number of fused-ring (bicyclic) bond motifs is 1. The maximum Gasteiger partial charge on any atom is 0.316 e. The first-order chi connectivity index (χ1) is 15.9. The van der Waals surface area contributed by atoms with E-state index in [0.717, 1.165) is 11.3 Å². The van der Waals surface area contributed by atoms with Gasteiger partial charge in [0.15, 0.2) is 0 Å². The number of amides is 3. The Morgan fingerprint density at radius 3 is 2.03 bits per heavy atom.